The summed E-state index contributed by atoms with van der Waals surface area (Å²) in [6.45, 7) is 7.15. The number of nitrogens with zero attached hydrogens (tertiary/aromatic N) is 4. The molecule has 2 aliphatic rings. The van der Waals surface area contributed by atoms with Crippen molar-refractivity contribution in [2.75, 3.05) is 24.5 Å². The lowest BCUT2D eigenvalue weighted by atomic mass is 9.98. The van der Waals surface area contributed by atoms with E-state index in [0.29, 0.717) is 19.5 Å². The number of carbonyl (C=O) groups excluding carboxylic acids is 1. The van der Waals surface area contributed by atoms with Crippen molar-refractivity contribution in [3.63, 3.8) is 0 Å². The summed E-state index contributed by atoms with van der Waals surface area (Å²) in [7, 11) is 0. The van der Waals surface area contributed by atoms with Crippen LogP contribution >= 0.6 is 0 Å². The molecule has 5 nitrogen and oxygen atoms in total. The van der Waals surface area contributed by atoms with Crippen molar-refractivity contribution in [1.82, 2.24) is 14.9 Å². The van der Waals surface area contributed by atoms with Crippen LogP contribution in [-0.2, 0) is 13.0 Å². The lowest BCUT2D eigenvalue weighted by Gasteiger charge is -2.36. The molecule has 6 heteroatoms. The molecule has 1 aromatic carbocycles. The second kappa shape index (κ2) is 7.25. The molecule has 0 bridgehead atoms. The predicted molar refractivity (Wildman–Crippen MR) is 102 cm³/mol. The number of rotatable bonds is 2. The quantitative estimate of drug-likeness (QED) is 0.816. The summed E-state index contributed by atoms with van der Waals surface area (Å²) >= 11 is 0. The summed E-state index contributed by atoms with van der Waals surface area (Å²) in [5.41, 5.74) is 2.17. The number of fused-ring (bicyclic) bond motifs is 1. The van der Waals surface area contributed by atoms with Crippen LogP contribution in [0.1, 0.15) is 47.2 Å². The number of aromatic nitrogens is 2. The van der Waals surface area contributed by atoms with Gasteiger partial charge in [0.1, 0.15) is 17.5 Å². The Morgan fingerprint density at radius 1 is 1.15 bits per heavy atom. The molecule has 1 saturated heterocycles. The molecule has 0 N–H and O–H groups in total. The van der Waals surface area contributed by atoms with Gasteiger partial charge in [-0.1, -0.05) is 19.1 Å². The van der Waals surface area contributed by atoms with Gasteiger partial charge < -0.3 is 9.80 Å². The zero-order valence-electron chi connectivity index (χ0n) is 15.9. The minimum atomic E-state index is -0.473. The Hall–Kier alpha value is -2.50. The number of benzene rings is 1. The van der Waals surface area contributed by atoms with Crippen LogP contribution in [0.2, 0.25) is 0 Å². The number of halogens is 1. The molecular weight excluding hydrogens is 343 g/mol. The van der Waals surface area contributed by atoms with Crippen molar-refractivity contribution in [2.24, 2.45) is 5.92 Å². The molecule has 1 amide bonds. The van der Waals surface area contributed by atoms with Gasteiger partial charge >= 0.3 is 0 Å². The van der Waals surface area contributed by atoms with Crippen molar-refractivity contribution >= 4 is 11.7 Å². The zero-order chi connectivity index (χ0) is 19.0. The smallest absolute Gasteiger partial charge is 0.257 e. The molecule has 142 valence electrons. The fraction of sp³-hybridized carbons (Fsp3) is 0.476. The number of piperidine rings is 1. The minimum absolute atomic E-state index is 0.127. The van der Waals surface area contributed by atoms with Crippen LogP contribution in [0.3, 0.4) is 0 Å². The van der Waals surface area contributed by atoms with Gasteiger partial charge in [0, 0.05) is 31.6 Å². The Kier molecular flexibility index (Phi) is 4.81. The Morgan fingerprint density at radius 3 is 2.63 bits per heavy atom. The highest BCUT2D eigenvalue weighted by molar-refractivity contribution is 5.94. The molecule has 0 unspecified atom stereocenters. The number of hydrogen-bond donors (Lipinski definition) is 0. The number of hydrogen-bond acceptors (Lipinski definition) is 4. The van der Waals surface area contributed by atoms with Gasteiger partial charge in [-0.3, -0.25) is 4.79 Å². The molecule has 2 aromatic rings. The Balaban J connectivity index is 1.63. The summed E-state index contributed by atoms with van der Waals surface area (Å²) in [6, 6.07) is 6.17. The van der Waals surface area contributed by atoms with E-state index in [1.165, 1.54) is 6.07 Å². The fourth-order valence-corrected chi connectivity index (χ4v) is 3.98. The maximum Gasteiger partial charge on any atom is 0.257 e. The Labute approximate surface area is 159 Å². The molecule has 27 heavy (non-hydrogen) atoms. The van der Waals surface area contributed by atoms with Crippen LogP contribution in [0.5, 0.6) is 0 Å². The van der Waals surface area contributed by atoms with Crippen LogP contribution in [0.15, 0.2) is 24.3 Å². The van der Waals surface area contributed by atoms with Crippen LogP contribution in [0.25, 0.3) is 0 Å². The number of aryl methyl sites for hydroxylation is 1. The van der Waals surface area contributed by atoms with Crippen molar-refractivity contribution < 1.29 is 9.18 Å². The monoisotopic (exact) mass is 368 g/mol. The van der Waals surface area contributed by atoms with E-state index < -0.39 is 5.82 Å². The fourth-order valence-electron chi connectivity index (χ4n) is 3.98. The molecule has 0 atom stereocenters. The van der Waals surface area contributed by atoms with Gasteiger partial charge in [0.2, 0.25) is 0 Å². The number of amides is 1. The molecule has 4 rings (SSSR count). The first-order chi connectivity index (χ1) is 13.0. The summed E-state index contributed by atoms with van der Waals surface area (Å²) in [4.78, 5) is 26.2. The van der Waals surface area contributed by atoms with Gasteiger partial charge in [0.25, 0.3) is 5.91 Å². The van der Waals surface area contributed by atoms with Gasteiger partial charge in [-0.15, -0.1) is 0 Å². The Morgan fingerprint density at radius 2 is 1.89 bits per heavy atom. The minimum Gasteiger partial charge on any atom is -0.356 e. The highest BCUT2D eigenvalue weighted by Crippen LogP contribution is 2.30. The molecule has 2 aliphatic heterocycles. The van der Waals surface area contributed by atoms with E-state index >= 15 is 0 Å². The van der Waals surface area contributed by atoms with E-state index in [0.717, 1.165) is 54.7 Å². The molecule has 1 aromatic heterocycles. The predicted octanol–water partition coefficient (Wildman–Crippen LogP) is 3.36. The summed E-state index contributed by atoms with van der Waals surface area (Å²) in [5, 5.41) is 0. The molecule has 1 fully saturated rings. The summed E-state index contributed by atoms with van der Waals surface area (Å²) < 4.78 is 14.1. The average Bonchev–Trinajstić information content (AvgIpc) is 2.67. The van der Waals surface area contributed by atoms with E-state index in [2.05, 4.69) is 16.8 Å². The van der Waals surface area contributed by atoms with Gasteiger partial charge in [-0.25, -0.2) is 14.4 Å². The largest absolute Gasteiger partial charge is 0.356 e. The highest BCUT2D eigenvalue weighted by atomic mass is 19.1. The van der Waals surface area contributed by atoms with Crippen LogP contribution in [-0.4, -0.2) is 40.4 Å². The zero-order valence-corrected chi connectivity index (χ0v) is 15.9. The van der Waals surface area contributed by atoms with Crippen molar-refractivity contribution in [3.8, 4) is 0 Å². The van der Waals surface area contributed by atoms with E-state index in [1.807, 2.05) is 6.92 Å². The van der Waals surface area contributed by atoms with Crippen molar-refractivity contribution in [2.45, 2.75) is 39.7 Å². The lowest BCUT2D eigenvalue weighted by molar-refractivity contribution is 0.0728. The standard InChI is InChI=1S/C21H25FN4O/c1-14-7-10-25(11-8-14)20-17-13-26(12-9-19(17)23-15(2)24-20)21(27)16-5-3-4-6-18(16)22/h3-6,14H,7-13H2,1-2H3. The summed E-state index contributed by atoms with van der Waals surface area (Å²) in [6.07, 6.45) is 2.97. The molecule has 0 radical (unpaired) electrons. The van der Waals surface area contributed by atoms with Gasteiger partial charge in [0.05, 0.1) is 17.8 Å². The first kappa shape index (κ1) is 17.9. The third-order valence-corrected chi connectivity index (χ3v) is 5.62. The maximum atomic E-state index is 14.1. The Bertz CT molecular complexity index is 861. The molecule has 0 aliphatic carbocycles. The van der Waals surface area contributed by atoms with Crippen molar-refractivity contribution in [3.05, 3.63) is 52.7 Å². The maximum absolute atomic E-state index is 14.1. The SMILES string of the molecule is Cc1nc2c(c(N3CCC(C)CC3)n1)CN(C(=O)c1ccccc1F)CC2. The average molecular weight is 368 g/mol. The van der Waals surface area contributed by atoms with E-state index in [-0.39, 0.29) is 11.5 Å². The molecule has 0 spiro atoms. The van der Waals surface area contributed by atoms with Crippen LogP contribution < -0.4 is 4.90 Å². The normalized spacial score (nSPS) is 17.7. The van der Waals surface area contributed by atoms with E-state index in [4.69, 9.17) is 4.98 Å². The highest BCUT2D eigenvalue weighted by Gasteiger charge is 2.29. The molecule has 3 heterocycles. The third kappa shape index (κ3) is 3.53. The van der Waals surface area contributed by atoms with Crippen LogP contribution in [0, 0.1) is 18.7 Å². The second-order valence-corrected chi connectivity index (χ2v) is 7.65. The van der Waals surface area contributed by atoms with Crippen LogP contribution in [0.4, 0.5) is 10.2 Å². The summed E-state index contributed by atoms with van der Waals surface area (Å²) in [5.74, 6) is 1.72. The van der Waals surface area contributed by atoms with Gasteiger partial charge in [-0.2, -0.15) is 0 Å². The molecular formula is C21H25FN4O. The molecule has 0 saturated carbocycles. The first-order valence-electron chi connectivity index (χ1n) is 9.68. The van der Waals surface area contributed by atoms with Gasteiger partial charge in [0.15, 0.2) is 0 Å². The number of anilines is 1. The second-order valence-electron chi connectivity index (χ2n) is 7.65. The lowest BCUT2D eigenvalue weighted by Crippen LogP contribution is -2.40. The van der Waals surface area contributed by atoms with Gasteiger partial charge in [-0.05, 0) is 37.8 Å². The number of carbonyl (C=O) groups is 1. The van der Waals surface area contributed by atoms with Crippen molar-refractivity contribution in [1.29, 1.82) is 0 Å². The topological polar surface area (TPSA) is 49.3 Å². The first-order valence-corrected chi connectivity index (χ1v) is 9.68. The van der Waals surface area contributed by atoms with E-state index in [9.17, 15) is 9.18 Å². The third-order valence-electron chi connectivity index (χ3n) is 5.62. The van der Waals surface area contributed by atoms with E-state index in [1.54, 1.807) is 23.1 Å².